The highest BCUT2D eigenvalue weighted by atomic mass is 16.3. The van der Waals surface area contributed by atoms with Crippen molar-refractivity contribution in [3.05, 3.63) is 0 Å². The smallest absolute Gasteiger partial charge is 0.0558 e. The molecule has 1 aliphatic rings. The van der Waals surface area contributed by atoms with E-state index in [1.165, 1.54) is 0 Å². The summed E-state index contributed by atoms with van der Waals surface area (Å²) >= 11 is 0. The van der Waals surface area contributed by atoms with Crippen molar-refractivity contribution in [1.29, 1.82) is 0 Å². The lowest BCUT2D eigenvalue weighted by Crippen LogP contribution is -2.55. The van der Waals surface area contributed by atoms with Crippen LogP contribution >= 0.6 is 0 Å². The lowest BCUT2D eigenvalue weighted by atomic mass is 10.1. The van der Waals surface area contributed by atoms with Crippen LogP contribution in [0.3, 0.4) is 0 Å². The van der Waals surface area contributed by atoms with E-state index >= 15 is 0 Å². The SMILES string of the molecule is CC1CN(CCO)CC(C)N1C. The van der Waals surface area contributed by atoms with Crippen molar-refractivity contribution in [2.24, 2.45) is 0 Å². The fraction of sp³-hybridized carbons (Fsp3) is 1.00. The van der Waals surface area contributed by atoms with Gasteiger partial charge in [-0.25, -0.2) is 0 Å². The number of aliphatic hydroxyl groups excluding tert-OH is 1. The molecule has 3 nitrogen and oxygen atoms in total. The van der Waals surface area contributed by atoms with Crippen molar-refractivity contribution >= 4 is 0 Å². The van der Waals surface area contributed by atoms with E-state index < -0.39 is 0 Å². The van der Waals surface area contributed by atoms with E-state index in [1.807, 2.05) is 0 Å². The summed E-state index contributed by atoms with van der Waals surface area (Å²) in [5.74, 6) is 0. The van der Waals surface area contributed by atoms with E-state index in [0.29, 0.717) is 12.1 Å². The van der Waals surface area contributed by atoms with E-state index in [2.05, 4.69) is 30.7 Å². The normalized spacial score (nSPS) is 34.0. The van der Waals surface area contributed by atoms with Gasteiger partial charge in [-0.3, -0.25) is 9.80 Å². The van der Waals surface area contributed by atoms with Crippen LogP contribution in [0.5, 0.6) is 0 Å². The van der Waals surface area contributed by atoms with Crippen LogP contribution in [0.2, 0.25) is 0 Å². The summed E-state index contributed by atoms with van der Waals surface area (Å²) in [6.45, 7) is 7.74. The van der Waals surface area contributed by atoms with Crippen molar-refractivity contribution in [3.8, 4) is 0 Å². The third kappa shape index (κ3) is 2.19. The quantitative estimate of drug-likeness (QED) is 0.635. The molecule has 0 aromatic heterocycles. The first kappa shape index (κ1) is 9.96. The van der Waals surface area contributed by atoms with Gasteiger partial charge in [-0.05, 0) is 20.9 Å². The molecule has 0 aromatic carbocycles. The van der Waals surface area contributed by atoms with Gasteiger partial charge in [0.25, 0.3) is 0 Å². The van der Waals surface area contributed by atoms with E-state index in [9.17, 15) is 0 Å². The standard InChI is InChI=1S/C9H20N2O/c1-8-6-11(4-5-12)7-9(2)10(8)3/h8-9,12H,4-7H2,1-3H3. The van der Waals surface area contributed by atoms with Crippen molar-refractivity contribution < 1.29 is 5.11 Å². The average molecular weight is 172 g/mol. The van der Waals surface area contributed by atoms with Gasteiger partial charge in [-0.1, -0.05) is 0 Å². The van der Waals surface area contributed by atoms with Crippen LogP contribution in [0.1, 0.15) is 13.8 Å². The van der Waals surface area contributed by atoms with Crippen LogP contribution in [0.4, 0.5) is 0 Å². The minimum Gasteiger partial charge on any atom is -0.395 e. The van der Waals surface area contributed by atoms with Gasteiger partial charge in [0.05, 0.1) is 6.61 Å². The Labute approximate surface area is 75.0 Å². The van der Waals surface area contributed by atoms with Gasteiger partial charge in [-0.15, -0.1) is 0 Å². The molecule has 1 rings (SSSR count). The Morgan fingerprint density at radius 2 is 1.75 bits per heavy atom. The second-order valence-corrected chi connectivity index (χ2v) is 3.85. The molecule has 0 amide bonds. The molecule has 3 heteroatoms. The highest BCUT2D eigenvalue weighted by molar-refractivity contribution is 4.82. The van der Waals surface area contributed by atoms with Gasteiger partial charge in [0.15, 0.2) is 0 Å². The molecule has 2 unspecified atom stereocenters. The van der Waals surface area contributed by atoms with Gasteiger partial charge >= 0.3 is 0 Å². The molecular weight excluding hydrogens is 152 g/mol. The summed E-state index contributed by atoms with van der Waals surface area (Å²) in [7, 11) is 2.17. The largest absolute Gasteiger partial charge is 0.395 e. The molecule has 1 N–H and O–H groups in total. The van der Waals surface area contributed by atoms with Crippen molar-refractivity contribution in [3.63, 3.8) is 0 Å². The summed E-state index contributed by atoms with van der Waals surface area (Å²) in [6.07, 6.45) is 0. The number of rotatable bonds is 2. The van der Waals surface area contributed by atoms with E-state index in [-0.39, 0.29) is 6.61 Å². The first-order valence-corrected chi connectivity index (χ1v) is 4.70. The second-order valence-electron chi connectivity index (χ2n) is 3.85. The van der Waals surface area contributed by atoms with E-state index in [0.717, 1.165) is 19.6 Å². The van der Waals surface area contributed by atoms with Crippen LogP contribution in [-0.4, -0.2) is 60.3 Å². The monoisotopic (exact) mass is 172 g/mol. The Morgan fingerprint density at radius 1 is 1.25 bits per heavy atom. The first-order chi connectivity index (χ1) is 5.65. The lowest BCUT2D eigenvalue weighted by Gasteiger charge is -2.42. The molecule has 1 saturated heterocycles. The summed E-state index contributed by atoms with van der Waals surface area (Å²) in [5.41, 5.74) is 0. The third-order valence-corrected chi connectivity index (χ3v) is 2.85. The molecule has 0 spiro atoms. The zero-order valence-corrected chi connectivity index (χ0v) is 8.32. The number of likely N-dealkylation sites (N-methyl/N-ethyl adjacent to an activating group) is 1. The molecule has 0 bridgehead atoms. The van der Waals surface area contributed by atoms with Crippen molar-refractivity contribution in [2.45, 2.75) is 25.9 Å². The predicted molar refractivity (Wildman–Crippen MR) is 50.2 cm³/mol. The van der Waals surface area contributed by atoms with Crippen molar-refractivity contribution in [2.75, 3.05) is 33.3 Å². The zero-order chi connectivity index (χ0) is 9.14. The Balaban J connectivity index is 2.42. The number of aliphatic hydroxyl groups is 1. The number of nitrogens with zero attached hydrogens (tertiary/aromatic N) is 2. The maximum absolute atomic E-state index is 8.80. The Morgan fingerprint density at radius 3 is 2.17 bits per heavy atom. The summed E-state index contributed by atoms with van der Waals surface area (Å²) < 4.78 is 0. The van der Waals surface area contributed by atoms with Gasteiger partial charge in [-0.2, -0.15) is 0 Å². The van der Waals surface area contributed by atoms with Gasteiger partial charge in [0.2, 0.25) is 0 Å². The zero-order valence-electron chi connectivity index (χ0n) is 8.32. The molecular formula is C9H20N2O. The molecule has 0 aromatic rings. The van der Waals surface area contributed by atoms with Crippen molar-refractivity contribution in [1.82, 2.24) is 9.80 Å². The molecule has 1 fully saturated rings. The van der Waals surface area contributed by atoms with Crippen LogP contribution in [-0.2, 0) is 0 Å². The van der Waals surface area contributed by atoms with Gasteiger partial charge < -0.3 is 5.11 Å². The van der Waals surface area contributed by atoms with Crippen LogP contribution in [0.25, 0.3) is 0 Å². The third-order valence-electron chi connectivity index (χ3n) is 2.85. The molecule has 1 heterocycles. The number of hydrogen-bond donors (Lipinski definition) is 1. The summed E-state index contributed by atoms with van der Waals surface area (Å²) in [4.78, 5) is 4.73. The molecule has 72 valence electrons. The second kappa shape index (κ2) is 4.21. The molecule has 0 aliphatic carbocycles. The van der Waals surface area contributed by atoms with Crippen LogP contribution in [0, 0.1) is 0 Å². The Bertz CT molecular complexity index is 128. The van der Waals surface area contributed by atoms with Gasteiger partial charge in [0.1, 0.15) is 0 Å². The fourth-order valence-electron chi connectivity index (χ4n) is 1.84. The highest BCUT2D eigenvalue weighted by Crippen LogP contribution is 2.12. The fourth-order valence-corrected chi connectivity index (χ4v) is 1.84. The lowest BCUT2D eigenvalue weighted by molar-refractivity contribution is 0.0500. The molecule has 0 radical (unpaired) electrons. The van der Waals surface area contributed by atoms with E-state index in [1.54, 1.807) is 0 Å². The maximum Gasteiger partial charge on any atom is 0.0558 e. The molecule has 0 saturated carbocycles. The topological polar surface area (TPSA) is 26.7 Å². The molecule has 1 aliphatic heterocycles. The summed E-state index contributed by atoms with van der Waals surface area (Å²) in [5, 5.41) is 8.80. The maximum atomic E-state index is 8.80. The Kier molecular flexibility index (Phi) is 3.50. The Hall–Kier alpha value is -0.120. The van der Waals surface area contributed by atoms with Crippen LogP contribution < -0.4 is 0 Å². The van der Waals surface area contributed by atoms with E-state index in [4.69, 9.17) is 5.11 Å². The summed E-state index contributed by atoms with van der Waals surface area (Å²) in [6, 6.07) is 1.22. The predicted octanol–water partition coefficient (Wildman–Crippen LogP) is 0.00310. The number of piperazine rings is 1. The highest BCUT2D eigenvalue weighted by Gasteiger charge is 2.25. The average Bonchev–Trinajstić information content (AvgIpc) is 2.01. The van der Waals surface area contributed by atoms with Gasteiger partial charge in [0, 0.05) is 31.7 Å². The number of β-amino-alcohol motifs (C(OH)–C–C–N with tert-alkyl or cyclic N) is 1. The molecule has 2 atom stereocenters. The minimum absolute atomic E-state index is 0.281. The first-order valence-electron chi connectivity index (χ1n) is 4.70. The molecule has 12 heavy (non-hydrogen) atoms. The number of hydrogen-bond acceptors (Lipinski definition) is 3. The van der Waals surface area contributed by atoms with Crippen LogP contribution in [0.15, 0.2) is 0 Å². The minimum atomic E-state index is 0.281.